The molecule has 3 aliphatic rings. The second-order valence-electron chi connectivity index (χ2n) is 8.97. The molecule has 0 spiro atoms. The van der Waals surface area contributed by atoms with Crippen LogP contribution in [-0.2, 0) is 12.8 Å². The van der Waals surface area contributed by atoms with Gasteiger partial charge in [0.15, 0.2) is 0 Å². The number of hydrogen-bond donors (Lipinski definition) is 0. The highest BCUT2D eigenvalue weighted by atomic mass is 32.1. The molecule has 1 amide bonds. The van der Waals surface area contributed by atoms with Crippen LogP contribution in [0.25, 0.3) is 10.2 Å². The molecule has 156 valence electrons. The van der Waals surface area contributed by atoms with E-state index in [1.54, 1.807) is 0 Å². The van der Waals surface area contributed by atoms with Crippen LogP contribution in [0, 0.1) is 5.92 Å². The number of fused-ring (bicyclic) bond motifs is 3. The van der Waals surface area contributed by atoms with Crippen LogP contribution in [0.5, 0.6) is 0 Å². The van der Waals surface area contributed by atoms with E-state index in [0.717, 1.165) is 55.0 Å². The molecule has 6 rings (SSSR count). The monoisotopic (exact) mass is 438 g/mol. The average molecular weight is 439 g/mol. The van der Waals surface area contributed by atoms with Crippen LogP contribution in [0.3, 0.4) is 0 Å². The van der Waals surface area contributed by atoms with E-state index in [1.165, 1.54) is 57.7 Å². The van der Waals surface area contributed by atoms with Crippen LogP contribution in [0.4, 0.5) is 5.82 Å². The topological polar surface area (TPSA) is 49.3 Å². The van der Waals surface area contributed by atoms with Gasteiger partial charge >= 0.3 is 0 Å². The number of hydrogen-bond acceptors (Lipinski definition) is 6. The molecule has 1 unspecified atom stereocenters. The number of amides is 1. The molecule has 5 nitrogen and oxygen atoms in total. The normalized spacial score (nSPS) is 21.8. The zero-order valence-electron chi connectivity index (χ0n) is 17.3. The summed E-state index contributed by atoms with van der Waals surface area (Å²) in [6.45, 7) is 5.55. The highest BCUT2D eigenvalue weighted by molar-refractivity contribution is 7.19. The largest absolute Gasteiger partial charge is 0.352 e. The zero-order valence-corrected chi connectivity index (χ0v) is 18.9. The second kappa shape index (κ2) is 7.31. The molecule has 0 bridgehead atoms. The summed E-state index contributed by atoms with van der Waals surface area (Å²) in [7, 11) is 0. The van der Waals surface area contributed by atoms with Gasteiger partial charge in [-0.1, -0.05) is 13.0 Å². The predicted octanol–water partition coefficient (Wildman–Crippen LogP) is 4.72. The van der Waals surface area contributed by atoms with Gasteiger partial charge < -0.3 is 9.80 Å². The van der Waals surface area contributed by atoms with Gasteiger partial charge in [0.25, 0.3) is 5.91 Å². The Morgan fingerprint density at radius 2 is 1.97 bits per heavy atom. The number of piperazine rings is 1. The van der Waals surface area contributed by atoms with E-state index >= 15 is 0 Å². The molecule has 1 saturated carbocycles. The highest BCUT2D eigenvalue weighted by Gasteiger charge is 2.32. The third-order valence-corrected chi connectivity index (χ3v) is 8.70. The van der Waals surface area contributed by atoms with Gasteiger partial charge in [0.1, 0.15) is 16.5 Å². The minimum Gasteiger partial charge on any atom is -0.352 e. The minimum absolute atomic E-state index is 0.165. The van der Waals surface area contributed by atoms with Crippen LogP contribution < -0.4 is 4.90 Å². The molecule has 2 aliphatic carbocycles. The molecule has 1 atom stereocenters. The Morgan fingerprint density at radius 1 is 1.13 bits per heavy atom. The Hall–Kier alpha value is -1.99. The molecule has 1 aliphatic heterocycles. The van der Waals surface area contributed by atoms with Gasteiger partial charge in [-0.15, -0.1) is 22.7 Å². The maximum atomic E-state index is 12.7. The average Bonchev–Trinajstić information content (AvgIpc) is 3.34. The first-order chi connectivity index (χ1) is 14.7. The van der Waals surface area contributed by atoms with Crippen LogP contribution in [0.15, 0.2) is 17.5 Å². The van der Waals surface area contributed by atoms with Crippen LogP contribution in [0.2, 0.25) is 0 Å². The first kappa shape index (κ1) is 18.8. The van der Waals surface area contributed by atoms with Gasteiger partial charge in [-0.05, 0) is 55.0 Å². The summed E-state index contributed by atoms with van der Waals surface area (Å²) >= 11 is 3.43. The van der Waals surface area contributed by atoms with Crippen molar-refractivity contribution in [1.82, 2.24) is 14.9 Å². The van der Waals surface area contributed by atoms with Crippen LogP contribution >= 0.6 is 22.7 Å². The van der Waals surface area contributed by atoms with Gasteiger partial charge in [0.05, 0.1) is 10.3 Å². The lowest BCUT2D eigenvalue weighted by atomic mass is 9.89. The Labute approximate surface area is 184 Å². The molecule has 4 heterocycles. The van der Waals surface area contributed by atoms with Gasteiger partial charge in [0.2, 0.25) is 0 Å². The standard InChI is InChI=1S/C23H26N4OS2/c1-14-4-7-16-18(13-14)30-22-19(16)21(24-20(25-22)15-5-6-15)26-8-10-27(11-9-26)23(28)17-3-2-12-29-17/h2-3,12,14-15H,4-11,13H2,1H3. The predicted molar refractivity (Wildman–Crippen MR) is 123 cm³/mol. The lowest BCUT2D eigenvalue weighted by Gasteiger charge is -2.36. The first-order valence-corrected chi connectivity index (χ1v) is 12.8. The SMILES string of the molecule is CC1CCc2c(sc3nc(C4CC4)nc(N4CCN(C(=O)c5cccs5)CC4)c23)C1. The Kier molecular flexibility index (Phi) is 4.57. The van der Waals surface area contributed by atoms with Crippen molar-refractivity contribution in [2.75, 3.05) is 31.1 Å². The molecule has 0 radical (unpaired) electrons. The summed E-state index contributed by atoms with van der Waals surface area (Å²) in [5.74, 6) is 3.65. The number of thiophene rings is 2. The Bertz CT molecular complexity index is 1090. The minimum atomic E-state index is 0.165. The summed E-state index contributed by atoms with van der Waals surface area (Å²) in [4.78, 5) is 30.9. The first-order valence-electron chi connectivity index (χ1n) is 11.1. The summed E-state index contributed by atoms with van der Waals surface area (Å²) in [6.07, 6.45) is 6.02. The lowest BCUT2D eigenvalue weighted by Crippen LogP contribution is -2.49. The number of nitrogens with zero attached hydrogens (tertiary/aromatic N) is 4. The summed E-state index contributed by atoms with van der Waals surface area (Å²) in [6, 6.07) is 3.87. The number of rotatable bonds is 3. The Balaban J connectivity index is 1.33. The number of aryl methyl sites for hydroxylation is 1. The van der Waals surface area contributed by atoms with E-state index in [0.29, 0.717) is 5.92 Å². The van der Waals surface area contributed by atoms with Gasteiger partial charge in [-0.25, -0.2) is 9.97 Å². The quantitative estimate of drug-likeness (QED) is 0.594. The van der Waals surface area contributed by atoms with Gasteiger partial charge in [0, 0.05) is 37.0 Å². The van der Waals surface area contributed by atoms with Gasteiger partial charge in [-0.2, -0.15) is 0 Å². The van der Waals surface area contributed by atoms with Crippen molar-refractivity contribution in [3.05, 3.63) is 38.7 Å². The molecule has 1 saturated heterocycles. The van der Waals surface area contributed by atoms with Crippen molar-refractivity contribution in [3.8, 4) is 0 Å². The highest BCUT2D eigenvalue weighted by Crippen LogP contribution is 2.44. The third-order valence-electron chi connectivity index (χ3n) is 6.69. The summed E-state index contributed by atoms with van der Waals surface area (Å²) in [5, 5.41) is 3.28. The molecule has 3 aromatic rings. The maximum Gasteiger partial charge on any atom is 0.264 e. The van der Waals surface area contributed by atoms with Crippen LogP contribution in [0.1, 0.15) is 58.0 Å². The van der Waals surface area contributed by atoms with Crippen molar-refractivity contribution < 1.29 is 4.79 Å². The van der Waals surface area contributed by atoms with E-state index < -0.39 is 0 Å². The van der Waals surface area contributed by atoms with E-state index in [1.807, 2.05) is 33.7 Å². The number of anilines is 1. The smallest absolute Gasteiger partial charge is 0.264 e. The van der Waals surface area contributed by atoms with E-state index in [9.17, 15) is 4.79 Å². The van der Waals surface area contributed by atoms with E-state index in [4.69, 9.17) is 9.97 Å². The molecule has 2 fully saturated rings. The maximum absolute atomic E-state index is 12.7. The molecule has 0 N–H and O–H groups in total. The molecule has 7 heteroatoms. The fraction of sp³-hybridized carbons (Fsp3) is 0.522. The van der Waals surface area contributed by atoms with Crippen molar-refractivity contribution in [1.29, 1.82) is 0 Å². The summed E-state index contributed by atoms with van der Waals surface area (Å²) < 4.78 is 0. The summed E-state index contributed by atoms with van der Waals surface area (Å²) in [5.41, 5.74) is 1.50. The number of aromatic nitrogens is 2. The second-order valence-corrected chi connectivity index (χ2v) is 11.0. The zero-order chi connectivity index (χ0) is 20.2. The van der Waals surface area contributed by atoms with Crippen molar-refractivity contribution in [2.24, 2.45) is 5.92 Å². The van der Waals surface area contributed by atoms with Crippen molar-refractivity contribution in [2.45, 2.75) is 44.9 Å². The molecule has 30 heavy (non-hydrogen) atoms. The van der Waals surface area contributed by atoms with Gasteiger partial charge in [-0.3, -0.25) is 4.79 Å². The molecular formula is C23H26N4OS2. The molecular weight excluding hydrogens is 412 g/mol. The van der Waals surface area contributed by atoms with E-state index in [2.05, 4.69) is 11.8 Å². The van der Waals surface area contributed by atoms with Crippen LogP contribution in [-0.4, -0.2) is 47.0 Å². The Morgan fingerprint density at radius 3 is 2.70 bits per heavy atom. The van der Waals surface area contributed by atoms with Crippen molar-refractivity contribution >= 4 is 44.6 Å². The third kappa shape index (κ3) is 3.23. The lowest BCUT2D eigenvalue weighted by molar-refractivity contribution is 0.0751. The fourth-order valence-electron chi connectivity index (χ4n) is 4.77. The number of carbonyl (C=O) groups is 1. The van der Waals surface area contributed by atoms with Crippen molar-refractivity contribution in [3.63, 3.8) is 0 Å². The molecule has 0 aromatic carbocycles. The number of carbonyl (C=O) groups excluding carboxylic acids is 1. The molecule has 3 aromatic heterocycles. The fourth-order valence-corrected chi connectivity index (χ4v) is 6.84. The van der Waals surface area contributed by atoms with E-state index in [-0.39, 0.29) is 5.91 Å².